The summed E-state index contributed by atoms with van der Waals surface area (Å²) in [5, 5.41) is 6.61. The predicted molar refractivity (Wildman–Crippen MR) is 108 cm³/mol. The van der Waals surface area contributed by atoms with E-state index in [1.54, 1.807) is 24.3 Å². The van der Waals surface area contributed by atoms with Crippen LogP contribution in [-0.2, 0) is 11.3 Å². The Hall–Kier alpha value is -4.20. The summed E-state index contributed by atoms with van der Waals surface area (Å²) in [5.74, 6) is -0.674. The standard InChI is InChI=1S/C22H18N4O4/c1-29-22(28)17-6-4-15(5-7-17)14-23-20(27)21-24-19(25-30-21)16-8-10-18(11-9-16)26-12-2-3-13-26/h2-13H,14H2,1H3,(H,23,27). The second-order valence-electron chi connectivity index (χ2n) is 6.43. The summed E-state index contributed by atoms with van der Waals surface area (Å²) in [7, 11) is 1.33. The molecule has 0 radical (unpaired) electrons. The minimum atomic E-state index is -0.477. The van der Waals surface area contributed by atoms with E-state index in [0.717, 1.165) is 16.8 Å². The van der Waals surface area contributed by atoms with Gasteiger partial charge >= 0.3 is 17.8 Å². The van der Waals surface area contributed by atoms with Crippen LogP contribution in [0.25, 0.3) is 17.1 Å². The molecule has 0 aliphatic heterocycles. The van der Waals surface area contributed by atoms with Crippen molar-refractivity contribution in [1.29, 1.82) is 0 Å². The number of carbonyl (C=O) groups is 2. The molecule has 4 rings (SSSR count). The highest BCUT2D eigenvalue weighted by Gasteiger charge is 2.16. The molecule has 1 N–H and O–H groups in total. The van der Waals surface area contributed by atoms with E-state index in [1.807, 2.05) is 53.4 Å². The lowest BCUT2D eigenvalue weighted by atomic mass is 10.1. The number of carbonyl (C=O) groups excluding carboxylic acids is 2. The molecule has 2 heterocycles. The Labute approximate surface area is 172 Å². The molecule has 4 aromatic rings. The summed E-state index contributed by atoms with van der Waals surface area (Å²) in [6.45, 7) is 0.254. The van der Waals surface area contributed by atoms with E-state index in [0.29, 0.717) is 11.4 Å². The van der Waals surface area contributed by atoms with E-state index in [2.05, 4.69) is 20.2 Å². The second-order valence-corrected chi connectivity index (χ2v) is 6.43. The maximum absolute atomic E-state index is 12.3. The zero-order valence-electron chi connectivity index (χ0n) is 16.1. The number of ether oxygens (including phenoxy) is 1. The lowest BCUT2D eigenvalue weighted by molar-refractivity contribution is 0.0600. The minimum absolute atomic E-state index is 0.120. The van der Waals surface area contributed by atoms with Gasteiger partial charge in [0.15, 0.2) is 0 Å². The largest absolute Gasteiger partial charge is 0.465 e. The fraction of sp³-hybridized carbons (Fsp3) is 0.0909. The number of rotatable bonds is 6. The lowest BCUT2D eigenvalue weighted by Crippen LogP contribution is -2.23. The minimum Gasteiger partial charge on any atom is -0.465 e. The van der Waals surface area contributed by atoms with Crippen LogP contribution in [-0.4, -0.2) is 33.7 Å². The van der Waals surface area contributed by atoms with Gasteiger partial charge in [0.1, 0.15) is 0 Å². The molecule has 150 valence electrons. The van der Waals surface area contributed by atoms with E-state index in [4.69, 9.17) is 4.52 Å². The number of amides is 1. The molecule has 0 aliphatic carbocycles. The van der Waals surface area contributed by atoms with E-state index in [1.165, 1.54) is 7.11 Å². The molecular weight excluding hydrogens is 384 g/mol. The highest BCUT2D eigenvalue weighted by Crippen LogP contribution is 2.18. The molecule has 0 unspecified atom stereocenters. The summed E-state index contributed by atoms with van der Waals surface area (Å²) in [4.78, 5) is 27.9. The fourth-order valence-electron chi connectivity index (χ4n) is 2.86. The first kappa shape index (κ1) is 19.1. The summed E-state index contributed by atoms with van der Waals surface area (Å²) < 4.78 is 11.7. The summed E-state index contributed by atoms with van der Waals surface area (Å²) >= 11 is 0. The highest BCUT2D eigenvalue weighted by molar-refractivity contribution is 5.90. The van der Waals surface area contributed by atoms with Gasteiger partial charge in [-0.1, -0.05) is 17.3 Å². The van der Waals surface area contributed by atoms with Gasteiger partial charge in [0.25, 0.3) is 0 Å². The van der Waals surface area contributed by atoms with Gasteiger partial charge in [-0.05, 0) is 54.1 Å². The van der Waals surface area contributed by atoms with Gasteiger partial charge in [0, 0.05) is 30.2 Å². The Morgan fingerprint density at radius 3 is 2.40 bits per heavy atom. The van der Waals surface area contributed by atoms with Crippen molar-refractivity contribution < 1.29 is 18.8 Å². The molecule has 1 amide bonds. The van der Waals surface area contributed by atoms with Crippen molar-refractivity contribution in [2.24, 2.45) is 0 Å². The van der Waals surface area contributed by atoms with Crippen molar-refractivity contribution in [3.8, 4) is 17.1 Å². The third-order valence-electron chi connectivity index (χ3n) is 4.48. The van der Waals surface area contributed by atoms with Crippen LogP contribution in [0.5, 0.6) is 0 Å². The Balaban J connectivity index is 1.38. The van der Waals surface area contributed by atoms with E-state index in [9.17, 15) is 9.59 Å². The van der Waals surface area contributed by atoms with Crippen LogP contribution < -0.4 is 5.32 Å². The molecule has 0 spiro atoms. The molecule has 0 fully saturated rings. The van der Waals surface area contributed by atoms with Crippen LogP contribution in [0.2, 0.25) is 0 Å². The van der Waals surface area contributed by atoms with Crippen molar-refractivity contribution >= 4 is 11.9 Å². The third-order valence-corrected chi connectivity index (χ3v) is 4.48. The van der Waals surface area contributed by atoms with Gasteiger partial charge in [-0.3, -0.25) is 4.79 Å². The Bertz CT molecular complexity index is 1150. The van der Waals surface area contributed by atoms with Crippen LogP contribution in [0.4, 0.5) is 0 Å². The zero-order valence-corrected chi connectivity index (χ0v) is 16.1. The quantitative estimate of drug-likeness (QED) is 0.497. The zero-order chi connectivity index (χ0) is 20.9. The SMILES string of the molecule is COC(=O)c1ccc(CNC(=O)c2nc(-c3ccc(-n4cccc4)cc3)no2)cc1. The molecule has 0 atom stereocenters. The number of hydrogen-bond acceptors (Lipinski definition) is 6. The molecular formula is C22H18N4O4. The van der Waals surface area contributed by atoms with Gasteiger partial charge in [-0.2, -0.15) is 4.98 Å². The maximum atomic E-state index is 12.3. The first-order valence-corrected chi connectivity index (χ1v) is 9.17. The van der Waals surface area contributed by atoms with Gasteiger partial charge < -0.3 is 19.1 Å². The average molecular weight is 402 g/mol. The van der Waals surface area contributed by atoms with E-state index in [-0.39, 0.29) is 12.4 Å². The van der Waals surface area contributed by atoms with Crippen molar-refractivity contribution in [3.05, 3.63) is 90.1 Å². The topological polar surface area (TPSA) is 99.2 Å². The second kappa shape index (κ2) is 8.44. The van der Waals surface area contributed by atoms with Gasteiger partial charge in [0.2, 0.25) is 5.82 Å². The van der Waals surface area contributed by atoms with Crippen molar-refractivity contribution in [2.45, 2.75) is 6.54 Å². The molecule has 2 aromatic heterocycles. The number of benzene rings is 2. The first-order chi connectivity index (χ1) is 14.6. The Morgan fingerprint density at radius 2 is 1.73 bits per heavy atom. The first-order valence-electron chi connectivity index (χ1n) is 9.17. The highest BCUT2D eigenvalue weighted by atomic mass is 16.5. The maximum Gasteiger partial charge on any atom is 0.337 e. The number of methoxy groups -OCH3 is 1. The molecule has 8 nitrogen and oxygen atoms in total. The fourth-order valence-corrected chi connectivity index (χ4v) is 2.86. The van der Waals surface area contributed by atoms with Gasteiger partial charge in [0.05, 0.1) is 12.7 Å². The molecule has 8 heteroatoms. The van der Waals surface area contributed by atoms with Crippen LogP contribution in [0.3, 0.4) is 0 Å². The van der Waals surface area contributed by atoms with Crippen LogP contribution >= 0.6 is 0 Å². The molecule has 30 heavy (non-hydrogen) atoms. The van der Waals surface area contributed by atoms with Crippen molar-refractivity contribution in [2.75, 3.05) is 7.11 Å². The number of nitrogens with zero attached hydrogens (tertiary/aromatic N) is 3. The molecule has 2 aromatic carbocycles. The smallest absolute Gasteiger partial charge is 0.337 e. The van der Waals surface area contributed by atoms with Gasteiger partial charge in [-0.15, -0.1) is 0 Å². The van der Waals surface area contributed by atoms with E-state index < -0.39 is 11.9 Å². The van der Waals surface area contributed by atoms with Crippen LogP contribution in [0.1, 0.15) is 26.6 Å². The Kier molecular flexibility index (Phi) is 5.38. The Morgan fingerprint density at radius 1 is 1.03 bits per heavy atom. The van der Waals surface area contributed by atoms with Crippen LogP contribution in [0.15, 0.2) is 77.6 Å². The average Bonchev–Trinajstić information content (AvgIpc) is 3.50. The third kappa shape index (κ3) is 4.12. The molecule has 0 bridgehead atoms. The van der Waals surface area contributed by atoms with Crippen LogP contribution in [0, 0.1) is 0 Å². The van der Waals surface area contributed by atoms with Crippen molar-refractivity contribution in [3.63, 3.8) is 0 Å². The molecule has 0 aliphatic rings. The van der Waals surface area contributed by atoms with Crippen molar-refractivity contribution in [1.82, 2.24) is 20.0 Å². The molecule has 0 saturated heterocycles. The molecule has 0 saturated carbocycles. The van der Waals surface area contributed by atoms with Gasteiger partial charge in [-0.25, -0.2) is 4.79 Å². The van der Waals surface area contributed by atoms with E-state index >= 15 is 0 Å². The normalized spacial score (nSPS) is 10.6. The summed E-state index contributed by atoms with van der Waals surface area (Å²) in [5.41, 5.74) is 3.00. The monoisotopic (exact) mass is 402 g/mol. The number of esters is 1. The lowest BCUT2D eigenvalue weighted by Gasteiger charge is -2.04. The predicted octanol–water partition coefficient (Wildman–Crippen LogP) is 3.24. The number of hydrogen-bond donors (Lipinski definition) is 1. The number of aromatic nitrogens is 3. The number of nitrogens with one attached hydrogen (secondary N) is 1. The summed E-state index contributed by atoms with van der Waals surface area (Å²) in [6, 6.07) is 18.2. The summed E-state index contributed by atoms with van der Waals surface area (Å²) in [6.07, 6.45) is 3.91.